The fourth-order valence-corrected chi connectivity index (χ4v) is 1.56. The zero-order chi connectivity index (χ0) is 12.8. The van der Waals surface area contributed by atoms with Gasteiger partial charge in [0, 0.05) is 6.04 Å². The van der Waals surface area contributed by atoms with Crippen molar-refractivity contribution in [3.8, 4) is 6.07 Å². The Morgan fingerprint density at radius 2 is 1.94 bits per heavy atom. The van der Waals surface area contributed by atoms with Gasteiger partial charge < -0.3 is 4.74 Å². The Balaban J connectivity index is 2.66. The number of benzene rings is 1. The van der Waals surface area contributed by atoms with E-state index in [1.807, 2.05) is 19.1 Å². The largest absolute Gasteiger partial charge is 0.468 e. The Morgan fingerprint density at radius 3 is 2.41 bits per heavy atom. The van der Waals surface area contributed by atoms with Gasteiger partial charge in [-0.15, -0.1) is 0 Å². The third-order valence-corrected chi connectivity index (χ3v) is 2.59. The number of carbonyl (C=O) groups is 1. The lowest BCUT2D eigenvalue weighted by molar-refractivity contribution is -0.142. The number of methoxy groups -OCH3 is 1. The molecule has 90 valence electrons. The number of nitrogens with zero attached hydrogens (tertiary/aromatic N) is 1. The van der Waals surface area contributed by atoms with E-state index in [9.17, 15) is 4.79 Å². The molecule has 17 heavy (non-hydrogen) atoms. The molecule has 0 saturated carbocycles. The topological polar surface area (TPSA) is 62.1 Å². The van der Waals surface area contributed by atoms with Crippen LogP contribution in [0.15, 0.2) is 24.3 Å². The van der Waals surface area contributed by atoms with Crippen molar-refractivity contribution in [1.29, 1.82) is 5.26 Å². The lowest BCUT2D eigenvalue weighted by atomic mass is 10.1. The molecule has 0 bridgehead atoms. The minimum atomic E-state index is -0.356. The van der Waals surface area contributed by atoms with Gasteiger partial charge in [0.25, 0.3) is 0 Å². The van der Waals surface area contributed by atoms with Gasteiger partial charge in [0.05, 0.1) is 18.7 Å². The number of ether oxygens (including phenoxy) is 1. The summed E-state index contributed by atoms with van der Waals surface area (Å²) in [7, 11) is 1.37. The van der Waals surface area contributed by atoms with Crippen molar-refractivity contribution in [3.05, 3.63) is 35.4 Å². The van der Waals surface area contributed by atoms with Gasteiger partial charge in [-0.25, -0.2) is 0 Å². The van der Waals surface area contributed by atoms with Crippen LogP contribution in [0.2, 0.25) is 0 Å². The summed E-state index contributed by atoms with van der Waals surface area (Å²) in [6.45, 7) is 3.72. The lowest BCUT2D eigenvalue weighted by Crippen LogP contribution is -2.36. The molecule has 0 radical (unpaired) electrons. The molecule has 1 aromatic rings. The molecule has 0 saturated heterocycles. The molecular formula is C13H16N2O2. The standard InChI is InChI=1S/C13H16N2O2/c1-9(15-10(2)13(16)17-3)12-6-4-11(8-14)5-7-12/h4-7,9-10,15H,1-3H3. The molecule has 4 nitrogen and oxygen atoms in total. The summed E-state index contributed by atoms with van der Waals surface area (Å²) in [6, 6.07) is 9.01. The molecular weight excluding hydrogens is 216 g/mol. The van der Waals surface area contributed by atoms with Gasteiger partial charge in [0.1, 0.15) is 6.04 Å². The van der Waals surface area contributed by atoms with Crippen LogP contribution < -0.4 is 5.32 Å². The molecule has 0 aliphatic rings. The SMILES string of the molecule is COC(=O)C(C)NC(C)c1ccc(C#N)cc1. The third kappa shape index (κ3) is 3.58. The predicted molar refractivity (Wildman–Crippen MR) is 64.2 cm³/mol. The van der Waals surface area contributed by atoms with Gasteiger partial charge in [0.15, 0.2) is 0 Å². The zero-order valence-electron chi connectivity index (χ0n) is 10.2. The van der Waals surface area contributed by atoms with Crippen molar-refractivity contribution in [3.63, 3.8) is 0 Å². The zero-order valence-corrected chi connectivity index (χ0v) is 10.2. The summed E-state index contributed by atoms with van der Waals surface area (Å²) in [5.41, 5.74) is 1.65. The molecule has 1 N–H and O–H groups in total. The molecule has 4 heteroatoms. The summed E-state index contributed by atoms with van der Waals surface area (Å²) in [5.74, 6) is -0.287. The lowest BCUT2D eigenvalue weighted by Gasteiger charge is -2.18. The van der Waals surface area contributed by atoms with Crippen LogP contribution in [-0.2, 0) is 9.53 Å². The fourth-order valence-electron chi connectivity index (χ4n) is 1.56. The number of nitrogens with one attached hydrogen (secondary N) is 1. The molecule has 0 spiro atoms. The van der Waals surface area contributed by atoms with Crippen molar-refractivity contribution in [2.45, 2.75) is 25.9 Å². The first-order chi connectivity index (χ1) is 8.08. The quantitative estimate of drug-likeness (QED) is 0.804. The Hall–Kier alpha value is -1.86. The van der Waals surface area contributed by atoms with Crippen molar-refractivity contribution < 1.29 is 9.53 Å². The summed E-state index contributed by atoms with van der Waals surface area (Å²) in [6.07, 6.45) is 0. The highest BCUT2D eigenvalue weighted by atomic mass is 16.5. The van der Waals surface area contributed by atoms with E-state index in [2.05, 4.69) is 16.1 Å². The average Bonchev–Trinajstić information content (AvgIpc) is 2.37. The van der Waals surface area contributed by atoms with Gasteiger partial charge in [-0.1, -0.05) is 12.1 Å². The second kappa shape index (κ2) is 6.02. The van der Waals surface area contributed by atoms with Gasteiger partial charge in [-0.05, 0) is 31.5 Å². The van der Waals surface area contributed by atoms with E-state index in [4.69, 9.17) is 5.26 Å². The Bertz CT molecular complexity index is 420. The molecule has 0 aromatic heterocycles. The summed E-state index contributed by atoms with van der Waals surface area (Å²) in [5, 5.41) is 11.8. The van der Waals surface area contributed by atoms with Gasteiger partial charge in [0.2, 0.25) is 0 Å². The first-order valence-corrected chi connectivity index (χ1v) is 5.42. The van der Waals surface area contributed by atoms with Crippen LogP contribution in [0.3, 0.4) is 0 Å². The average molecular weight is 232 g/mol. The highest BCUT2D eigenvalue weighted by Crippen LogP contribution is 2.13. The van der Waals surface area contributed by atoms with E-state index < -0.39 is 0 Å². The van der Waals surface area contributed by atoms with E-state index in [0.717, 1.165) is 5.56 Å². The van der Waals surface area contributed by atoms with Crippen LogP contribution in [0.25, 0.3) is 0 Å². The second-order valence-corrected chi connectivity index (χ2v) is 3.87. The van der Waals surface area contributed by atoms with Crippen molar-refractivity contribution >= 4 is 5.97 Å². The minimum absolute atomic E-state index is 0.0249. The smallest absolute Gasteiger partial charge is 0.322 e. The monoisotopic (exact) mass is 232 g/mol. The maximum Gasteiger partial charge on any atom is 0.322 e. The predicted octanol–water partition coefficient (Wildman–Crippen LogP) is 1.77. The number of esters is 1. The summed E-state index contributed by atoms with van der Waals surface area (Å²) < 4.78 is 4.64. The fraction of sp³-hybridized carbons (Fsp3) is 0.385. The minimum Gasteiger partial charge on any atom is -0.468 e. The van der Waals surface area contributed by atoms with Gasteiger partial charge in [-0.2, -0.15) is 5.26 Å². The number of hydrogen-bond donors (Lipinski definition) is 1. The van der Waals surface area contributed by atoms with E-state index in [-0.39, 0.29) is 18.1 Å². The summed E-state index contributed by atoms with van der Waals surface area (Å²) in [4.78, 5) is 11.3. The molecule has 1 rings (SSSR count). The molecule has 0 fully saturated rings. The Morgan fingerprint density at radius 1 is 1.35 bits per heavy atom. The maximum absolute atomic E-state index is 11.3. The van der Waals surface area contributed by atoms with Crippen LogP contribution in [0.4, 0.5) is 0 Å². The maximum atomic E-state index is 11.3. The highest BCUT2D eigenvalue weighted by molar-refractivity contribution is 5.75. The molecule has 0 heterocycles. The first-order valence-electron chi connectivity index (χ1n) is 5.42. The number of rotatable bonds is 4. The molecule has 0 aliphatic heterocycles. The molecule has 1 aromatic carbocycles. The highest BCUT2D eigenvalue weighted by Gasteiger charge is 2.16. The van der Waals surface area contributed by atoms with Crippen molar-refractivity contribution in [2.24, 2.45) is 0 Å². The van der Waals surface area contributed by atoms with Crippen molar-refractivity contribution in [1.82, 2.24) is 5.32 Å². The molecule has 2 unspecified atom stereocenters. The van der Waals surface area contributed by atoms with Crippen LogP contribution >= 0.6 is 0 Å². The number of hydrogen-bond acceptors (Lipinski definition) is 4. The van der Waals surface area contributed by atoms with E-state index in [1.165, 1.54) is 7.11 Å². The normalized spacial score (nSPS) is 13.5. The Kier molecular flexibility index (Phi) is 4.68. The van der Waals surface area contributed by atoms with Crippen LogP contribution in [-0.4, -0.2) is 19.1 Å². The molecule has 0 aliphatic carbocycles. The van der Waals surface area contributed by atoms with E-state index >= 15 is 0 Å². The number of carbonyl (C=O) groups excluding carboxylic acids is 1. The third-order valence-electron chi connectivity index (χ3n) is 2.59. The Labute approximate surface area is 101 Å². The second-order valence-electron chi connectivity index (χ2n) is 3.87. The number of nitriles is 1. The van der Waals surface area contributed by atoms with Crippen LogP contribution in [0, 0.1) is 11.3 Å². The van der Waals surface area contributed by atoms with Crippen LogP contribution in [0.5, 0.6) is 0 Å². The molecule has 2 atom stereocenters. The van der Waals surface area contributed by atoms with E-state index in [1.54, 1.807) is 19.1 Å². The van der Waals surface area contributed by atoms with Crippen molar-refractivity contribution in [2.75, 3.05) is 7.11 Å². The van der Waals surface area contributed by atoms with Gasteiger partial charge in [-0.3, -0.25) is 10.1 Å². The van der Waals surface area contributed by atoms with Crippen LogP contribution in [0.1, 0.15) is 31.0 Å². The first kappa shape index (κ1) is 13.2. The van der Waals surface area contributed by atoms with Gasteiger partial charge >= 0.3 is 5.97 Å². The summed E-state index contributed by atoms with van der Waals surface area (Å²) >= 11 is 0. The molecule has 0 amide bonds. The van der Waals surface area contributed by atoms with E-state index in [0.29, 0.717) is 5.56 Å².